The third-order valence-electron chi connectivity index (χ3n) is 0.295. The van der Waals surface area contributed by atoms with Gasteiger partial charge in [-0.25, -0.2) is 4.89 Å². The summed E-state index contributed by atoms with van der Waals surface area (Å²) in [6, 6.07) is 0. The van der Waals surface area contributed by atoms with Gasteiger partial charge in [-0.1, -0.05) is 14.4 Å². The van der Waals surface area contributed by atoms with Gasteiger partial charge in [0.1, 0.15) is 0 Å². The molecule has 6 heavy (non-hydrogen) atoms. The van der Waals surface area contributed by atoms with Gasteiger partial charge in [-0.3, -0.25) is 5.26 Å². The van der Waals surface area contributed by atoms with Gasteiger partial charge in [-0.15, -0.1) is 0 Å². The van der Waals surface area contributed by atoms with Crippen molar-refractivity contribution in [3.8, 4) is 0 Å². The van der Waals surface area contributed by atoms with Crippen molar-refractivity contribution in [2.45, 2.75) is 20.8 Å². The Morgan fingerprint density at radius 2 is 2.17 bits per heavy atom. The Hall–Kier alpha value is -0.0800. The minimum absolute atomic E-state index is 0. The highest BCUT2D eigenvalue weighted by molar-refractivity contribution is 4.12. The molecule has 0 amide bonds. The van der Waals surface area contributed by atoms with E-state index in [1.807, 2.05) is 6.92 Å². The molecule has 0 fully saturated rings. The van der Waals surface area contributed by atoms with E-state index in [0.717, 1.165) is 6.42 Å². The molecule has 0 rings (SSSR count). The lowest BCUT2D eigenvalue weighted by Crippen LogP contribution is -1.81. The van der Waals surface area contributed by atoms with Gasteiger partial charge in [-0.05, 0) is 6.42 Å². The first-order valence-electron chi connectivity index (χ1n) is 1.68. The van der Waals surface area contributed by atoms with Gasteiger partial charge < -0.3 is 0 Å². The second-order valence-electron chi connectivity index (χ2n) is 0.833. The molecule has 2 nitrogen and oxygen atoms in total. The third-order valence-corrected chi connectivity index (χ3v) is 0.295. The molecule has 0 saturated heterocycles. The molecular formula is C4H12O2. The number of hydrogen-bond acceptors (Lipinski definition) is 2. The normalized spacial score (nSPS) is 7.00. The highest BCUT2D eigenvalue weighted by Crippen LogP contribution is 1.70. The molecule has 0 spiro atoms. The summed E-state index contributed by atoms with van der Waals surface area (Å²) >= 11 is 0. The predicted octanol–water partition coefficient (Wildman–Crippen LogP) is 1.52. The van der Waals surface area contributed by atoms with Gasteiger partial charge in [-0.2, -0.15) is 0 Å². The van der Waals surface area contributed by atoms with Crippen LogP contribution in [0.1, 0.15) is 20.8 Å². The van der Waals surface area contributed by atoms with E-state index in [1.54, 1.807) is 0 Å². The van der Waals surface area contributed by atoms with Gasteiger partial charge >= 0.3 is 0 Å². The summed E-state index contributed by atoms with van der Waals surface area (Å²) < 4.78 is 0. The predicted molar refractivity (Wildman–Crippen MR) is 25.6 cm³/mol. The zero-order chi connectivity index (χ0) is 4.12. The van der Waals surface area contributed by atoms with Crippen LogP contribution in [0.15, 0.2) is 0 Å². The molecule has 2 heteroatoms. The molecule has 0 aliphatic rings. The fraction of sp³-hybridized carbons (Fsp3) is 1.00. The fourth-order valence-electron chi connectivity index (χ4n) is 0.0913. The smallest absolute Gasteiger partial charge is 0.0817 e. The van der Waals surface area contributed by atoms with Crippen LogP contribution in [0.25, 0.3) is 0 Å². The first-order chi connectivity index (χ1) is 2.41. The molecule has 0 heterocycles. The van der Waals surface area contributed by atoms with Gasteiger partial charge in [0.2, 0.25) is 0 Å². The van der Waals surface area contributed by atoms with Crippen molar-refractivity contribution < 1.29 is 10.1 Å². The van der Waals surface area contributed by atoms with Gasteiger partial charge in [0.05, 0.1) is 6.61 Å². The zero-order valence-corrected chi connectivity index (χ0v) is 3.27. The van der Waals surface area contributed by atoms with E-state index in [2.05, 4.69) is 4.89 Å². The van der Waals surface area contributed by atoms with Crippen LogP contribution in [0.3, 0.4) is 0 Å². The first-order valence-corrected chi connectivity index (χ1v) is 1.68. The molecule has 0 bridgehead atoms. The highest BCUT2D eigenvalue weighted by Gasteiger charge is 1.68. The van der Waals surface area contributed by atoms with Crippen LogP contribution in [-0.4, -0.2) is 11.9 Å². The first kappa shape index (κ1) is 9.33. The van der Waals surface area contributed by atoms with E-state index >= 15 is 0 Å². The molecule has 0 aromatic rings. The van der Waals surface area contributed by atoms with E-state index < -0.39 is 0 Å². The third kappa shape index (κ3) is 9.07. The van der Waals surface area contributed by atoms with Crippen LogP contribution >= 0.6 is 0 Å². The minimum atomic E-state index is 0. The van der Waals surface area contributed by atoms with Gasteiger partial charge in [0.15, 0.2) is 0 Å². The molecular weight excluding hydrogens is 80.0 g/mol. The lowest BCUT2D eigenvalue weighted by molar-refractivity contribution is -0.241. The van der Waals surface area contributed by atoms with Crippen molar-refractivity contribution in [3.05, 3.63) is 0 Å². The molecule has 1 N–H and O–H groups in total. The molecule has 0 aromatic heterocycles. The van der Waals surface area contributed by atoms with Crippen molar-refractivity contribution in [3.63, 3.8) is 0 Å². The Kier molecular flexibility index (Phi) is 13.8. The van der Waals surface area contributed by atoms with Crippen molar-refractivity contribution in [1.82, 2.24) is 0 Å². The maximum Gasteiger partial charge on any atom is 0.0817 e. The Balaban J connectivity index is 0. The van der Waals surface area contributed by atoms with Crippen LogP contribution in [0.4, 0.5) is 0 Å². The van der Waals surface area contributed by atoms with Gasteiger partial charge in [0, 0.05) is 0 Å². The van der Waals surface area contributed by atoms with Crippen LogP contribution in [0, 0.1) is 0 Å². The van der Waals surface area contributed by atoms with Crippen LogP contribution in [0.2, 0.25) is 0 Å². The van der Waals surface area contributed by atoms with Crippen molar-refractivity contribution in [2.75, 3.05) is 6.61 Å². The monoisotopic (exact) mass is 92.1 g/mol. The Morgan fingerprint density at radius 3 is 2.17 bits per heavy atom. The summed E-state index contributed by atoms with van der Waals surface area (Å²) in [4.78, 5) is 3.69. The molecule has 0 saturated carbocycles. The largest absolute Gasteiger partial charge is 0.252 e. The lowest BCUT2D eigenvalue weighted by atomic mass is 10.5. The average Bonchev–Trinajstić information content (AvgIpc) is 1.41. The minimum Gasteiger partial charge on any atom is -0.252 e. The number of rotatable bonds is 2. The van der Waals surface area contributed by atoms with Crippen LogP contribution in [0.5, 0.6) is 0 Å². The quantitative estimate of drug-likeness (QED) is 0.413. The molecule has 40 valence electrons. The summed E-state index contributed by atoms with van der Waals surface area (Å²) in [5.74, 6) is 0. The molecule has 0 atom stereocenters. The van der Waals surface area contributed by atoms with E-state index in [4.69, 9.17) is 5.26 Å². The van der Waals surface area contributed by atoms with Crippen LogP contribution < -0.4 is 0 Å². The molecule has 0 unspecified atom stereocenters. The molecule has 0 aliphatic carbocycles. The second-order valence-corrected chi connectivity index (χ2v) is 0.833. The van der Waals surface area contributed by atoms with E-state index in [-0.39, 0.29) is 7.43 Å². The average molecular weight is 92.1 g/mol. The SMILES string of the molecule is C.CCCOO. The van der Waals surface area contributed by atoms with E-state index in [0.29, 0.717) is 6.61 Å². The molecule has 0 radical (unpaired) electrons. The topological polar surface area (TPSA) is 29.5 Å². The molecule has 0 aliphatic heterocycles. The standard InChI is InChI=1S/C3H8O2.CH4/c1-2-3-5-4;/h4H,2-3H2,1H3;1H4. The van der Waals surface area contributed by atoms with Crippen molar-refractivity contribution >= 4 is 0 Å². The second kappa shape index (κ2) is 8.87. The maximum atomic E-state index is 7.57. The summed E-state index contributed by atoms with van der Waals surface area (Å²) in [7, 11) is 0. The summed E-state index contributed by atoms with van der Waals surface area (Å²) in [5.41, 5.74) is 0. The Morgan fingerprint density at radius 1 is 1.67 bits per heavy atom. The highest BCUT2D eigenvalue weighted by atomic mass is 17.1. The molecule has 0 aromatic carbocycles. The van der Waals surface area contributed by atoms with Gasteiger partial charge in [0.25, 0.3) is 0 Å². The summed E-state index contributed by atoms with van der Waals surface area (Å²) in [5, 5.41) is 7.57. The maximum absolute atomic E-state index is 7.57. The van der Waals surface area contributed by atoms with E-state index in [1.165, 1.54) is 0 Å². The summed E-state index contributed by atoms with van der Waals surface area (Å²) in [6.45, 7) is 2.37. The lowest BCUT2D eigenvalue weighted by Gasteiger charge is -1.81. The van der Waals surface area contributed by atoms with Crippen molar-refractivity contribution in [2.24, 2.45) is 0 Å². The zero-order valence-electron chi connectivity index (χ0n) is 3.27. The number of hydrogen-bond donors (Lipinski definition) is 1. The Bertz CT molecular complexity index is 13.0. The van der Waals surface area contributed by atoms with Crippen LogP contribution in [-0.2, 0) is 4.89 Å². The Labute approximate surface area is 38.7 Å². The summed E-state index contributed by atoms with van der Waals surface area (Å²) in [6.07, 6.45) is 0.872. The van der Waals surface area contributed by atoms with E-state index in [9.17, 15) is 0 Å². The fourth-order valence-corrected chi connectivity index (χ4v) is 0.0913. The van der Waals surface area contributed by atoms with Crippen molar-refractivity contribution in [1.29, 1.82) is 0 Å².